The topological polar surface area (TPSA) is 82.8 Å². The standard InChI is InChI=1S/C30H35N3O4S/c1-9-14-36-21-12-10-20(11-13-21)26-31-28-33(32-26)27(35)24(38-28)17-19-15-22(29(3,4)5)25(37-18(2)34)23(16-19)30(6,7)8/h10-13,15-17H,9,14H2,1-8H3. The van der Waals surface area contributed by atoms with Crippen molar-refractivity contribution in [1.82, 2.24) is 14.6 Å². The van der Waals surface area contributed by atoms with Crippen molar-refractivity contribution >= 4 is 28.3 Å². The summed E-state index contributed by atoms with van der Waals surface area (Å²) >= 11 is 1.30. The minimum atomic E-state index is -0.357. The molecule has 0 radical (unpaired) electrons. The summed E-state index contributed by atoms with van der Waals surface area (Å²) in [5.74, 6) is 1.53. The zero-order valence-corrected chi connectivity index (χ0v) is 24.2. The number of nitrogens with zero attached hydrogens (tertiary/aromatic N) is 3. The Labute approximate surface area is 227 Å². The van der Waals surface area contributed by atoms with Gasteiger partial charge in [-0.25, -0.2) is 0 Å². The first kappa shape index (κ1) is 27.5. The molecule has 2 aromatic heterocycles. The van der Waals surface area contributed by atoms with Crippen molar-refractivity contribution in [2.75, 3.05) is 6.61 Å². The lowest BCUT2D eigenvalue weighted by atomic mass is 9.78. The molecule has 2 heterocycles. The van der Waals surface area contributed by atoms with Gasteiger partial charge in [0.1, 0.15) is 11.5 Å². The van der Waals surface area contributed by atoms with Gasteiger partial charge < -0.3 is 9.47 Å². The van der Waals surface area contributed by atoms with Gasteiger partial charge in [0.25, 0.3) is 5.56 Å². The quantitative estimate of drug-likeness (QED) is 0.234. The molecule has 0 unspecified atom stereocenters. The van der Waals surface area contributed by atoms with Gasteiger partial charge in [-0.3, -0.25) is 9.59 Å². The molecule has 0 amide bonds. The van der Waals surface area contributed by atoms with Crippen LogP contribution in [0.2, 0.25) is 0 Å². The summed E-state index contributed by atoms with van der Waals surface area (Å²) in [6, 6.07) is 11.6. The van der Waals surface area contributed by atoms with E-state index in [1.165, 1.54) is 22.8 Å². The third-order valence-electron chi connectivity index (χ3n) is 6.04. The van der Waals surface area contributed by atoms with E-state index in [0.29, 0.717) is 27.7 Å². The number of fused-ring (bicyclic) bond motifs is 1. The lowest BCUT2D eigenvalue weighted by Gasteiger charge is -2.29. The maximum atomic E-state index is 13.3. The highest BCUT2D eigenvalue weighted by Gasteiger charge is 2.28. The van der Waals surface area contributed by atoms with Crippen molar-refractivity contribution in [3.05, 3.63) is 68.0 Å². The van der Waals surface area contributed by atoms with E-state index in [1.54, 1.807) is 0 Å². The Morgan fingerprint density at radius 2 is 1.63 bits per heavy atom. The molecule has 7 nitrogen and oxygen atoms in total. The number of ether oxygens (including phenoxy) is 2. The van der Waals surface area contributed by atoms with Gasteiger partial charge in [-0.1, -0.05) is 59.8 Å². The Morgan fingerprint density at radius 3 is 2.13 bits per heavy atom. The molecule has 4 aromatic rings. The fourth-order valence-corrected chi connectivity index (χ4v) is 5.04. The summed E-state index contributed by atoms with van der Waals surface area (Å²) in [4.78, 5) is 30.4. The largest absolute Gasteiger partial charge is 0.494 e. The first-order valence-electron chi connectivity index (χ1n) is 12.8. The van der Waals surface area contributed by atoms with Crippen LogP contribution in [0.25, 0.3) is 22.4 Å². The predicted octanol–water partition coefficient (Wildman–Crippen LogP) is 5.67. The van der Waals surface area contributed by atoms with E-state index < -0.39 is 0 Å². The Kier molecular flexibility index (Phi) is 7.48. The molecule has 0 aliphatic carbocycles. The van der Waals surface area contributed by atoms with Crippen LogP contribution in [0.1, 0.15) is 78.5 Å². The highest BCUT2D eigenvalue weighted by molar-refractivity contribution is 7.15. The smallest absolute Gasteiger partial charge is 0.308 e. The molecule has 38 heavy (non-hydrogen) atoms. The highest BCUT2D eigenvalue weighted by Crippen LogP contribution is 2.41. The third-order valence-corrected chi connectivity index (χ3v) is 7.00. The summed E-state index contributed by atoms with van der Waals surface area (Å²) < 4.78 is 13.3. The van der Waals surface area contributed by atoms with Gasteiger partial charge in [0.2, 0.25) is 4.96 Å². The minimum Gasteiger partial charge on any atom is -0.494 e. The Bertz CT molecular complexity index is 1550. The highest BCUT2D eigenvalue weighted by atomic mass is 32.1. The number of esters is 1. The molecule has 0 aliphatic rings. The van der Waals surface area contributed by atoms with E-state index in [-0.39, 0.29) is 22.4 Å². The number of carbonyl (C=O) groups excluding carboxylic acids is 1. The molecule has 0 saturated carbocycles. The van der Waals surface area contributed by atoms with Crippen LogP contribution >= 0.6 is 11.3 Å². The van der Waals surface area contributed by atoms with Crippen LogP contribution < -0.4 is 19.6 Å². The molecular formula is C30H35N3O4S. The number of aromatic nitrogens is 3. The maximum Gasteiger partial charge on any atom is 0.308 e. The van der Waals surface area contributed by atoms with Crippen molar-refractivity contribution in [3.63, 3.8) is 0 Å². The van der Waals surface area contributed by atoms with E-state index >= 15 is 0 Å². The monoisotopic (exact) mass is 533 g/mol. The van der Waals surface area contributed by atoms with Crippen molar-refractivity contribution in [2.45, 2.75) is 72.6 Å². The lowest BCUT2D eigenvalue weighted by molar-refractivity contribution is -0.132. The van der Waals surface area contributed by atoms with Crippen molar-refractivity contribution in [3.8, 4) is 22.9 Å². The molecule has 0 bridgehead atoms. The second-order valence-electron chi connectivity index (χ2n) is 11.5. The number of hydrogen-bond donors (Lipinski definition) is 0. The molecule has 0 spiro atoms. The number of thiazole rings is 1. The SMILES string of the molecule is CCCOc1ccc(-c2nc3sc(=Cc4cc(C(C)(C)C)c(OC(C)=O)c(C(C)(C)C)c4)c(=O)n3n2)cc1. The second-order valence-corrected chi connectivity index (χ2v) is 12.5. The van der Waals surface area contributed by atoms with Crippen molar-refractivity contribution < 1.29 is 14.3 Å². The Balaban J connectivity index is 1.79. The average molecular weight is 534 g/mol. The average Bonchev–Trinajstić information content (AvgIpc) is 3.36. The van der Waals surface area contributed by atoms with Crippen LogP contribution in [0.15, 0.2) is 41.2 Å². The fourth-order valence-electron chi connectivity index (χ4n) is 4.13. The molecule has 0 fully saturated rings. The Morgan fingerprint density at radius 1 is 1.03 bits per heavy atom. The van der Waals surface area contributed by atoms with Crippen LogP contribution in [0.3, 0.4) is 0 Å². The first-order valence-corrected chi connectivity index (χ1v) is 13.6. The maximum absolute atomic E-state index is 13.3. The van der Waals surface area contributed by atoms with Gasteiger partial charge in [-0.15, -0.1) is 5.10 Å². The van der Waals surface area contributed by atoms with Gasteiger partial charge in [0.05, 0.1) is 11.1 Å². The van der Waals surface area contributed by atoms with Crippen LogP contribution in [0, 0.1) is 0 Å². The minimum absolute atomic E-state index is 0.217. The predicted molar refractivity (Wildman–Crippen MR) is 152 cm³/mol. The summed E-state index contributed by atoms with van der Waals surface area (Å²) in [5, 5.41) is 4.48. The van der Waals surface area contributed by atoms with Crippen LogP contribution in [0.5, 0.6) is 11.5 Å². The van der Waals surface area contributed by atoms with Crippen molar-refractivity contribution in [2.24, 2.45) is 0 Å². The number of hydrogen-bond acceptors (Lipinski definition) is 7. The molecule has 0 N–H and O–H groups in total. The molecular weight excluding hydrogens is 498 g/mol. The molecule has 2 aromatic carbocycles. The van der Waals surface area contributed by atoms with E-state index in [9.17, 15) is 9.59 Å². The summed E-state index contributed by atoms with van der Waals surface area (Å²) in [6.07, 6.45) is 2.81. The second kappa shape index (κ2) is 10.3. The van der Waals surface area contributed by atoms with Gasteiger partial charge >= 0.3 is 5.97 Å². The normalized spacial score (nSPS) is 12.8. The molecule has 0 aliphatic heterocycles. The van der Waals surface area contributed by atoms with Gasteiger partial charge in [-0.05, 0) is 65.3 Å². The van der Waals surface area contributed by atoms with Gasteiger partial charge in [0.15, 0.2) is 5.82 Å². The molecule has 8 heteroatoms. The summed E-state index contributed by atoms with van der Waals surface area (Å²) in [6.45, 7) is 16.6. The van der Waals surface area contributed by atoms with Gasteiger partial charge in [-0.2, -0.15) is 9.50 Å². The third kappa shape index (κ3) is 5.80. The van der Waals surface area contributed by atoms with Crippen LogP contribution in [0.4, 0.5) is 0 Å². The summed E-state index contributed by atoms with van der Waals surface area (Å²) in [5.41, 5.74) is 2.71. The first-order chi connectivity index (χ1) is 17.8. The number of benzene rings is 2. The number of carbonyl (C=O) groups is 1. The molecule has 200 valence electrons. The van der Waals surface area contributed by atoms with E-state index in [0.717, 1.165) is 34.4 Å². The Hall–Kier alpha value is -3.52. The molecule has 4 rings (SSSR count). The van der Waals surface area contributed by atoms with E-state index in [4.69, 9.17) is 9.47 Å². The van der Waals surface area contributed by atoms with E-state index in [2.05, 4.69) is 58.5 Å². The molecule has 0 atom stereocenters. The van der Waals surface area contributed by atoms with Crippen LogP contribution in [-0.2, 0) is 15.6 Å². The number of rotatable bonds is 6. The van der Waals surface area contributed by atoms with Crippen LogP contribution in [-0.4, -0.2) is 27.2 Å². The van der Waals surface area contributed by atoms with E-state index in [1.807, 2.05) is 42.5 Å². The fraction of sp³-hybridized carbons (Fsp3) is 0.400. The lowest BCUT2D eigenvalue weighted by Crippen LogP contribution is -2.24. The zero-order chi connectivity index (χ0) is 27.8. The zero-order valence-electron chi connectivity index (χ0n) is 23.3. The van der Waals surface area contributed by atoms with Crippen molar-refractivity contribution in [1.29, 1.82) is 0 Å². The summed E-state index contributed by atoms with van der Waals surface area (Å²) in [7, 11) is 0. The molecule has 0 saturated heterocycles. The van der Waals surface area contributed by atoms with Gasteiger partial charge in [0, 0.05) is 23.6 Å².